The molecular weight excluding hydrogens is 294 g/mol. The fourth-order valence-corrected chi connectivity index (χ4v) is 2.92. The van der Waals surface area contributed by atoms with Gasteiger partial charge in [-0.25, -0.2) is 14.8 Å². The van der Waals surface area contributed by atoms with Crippen LogP contribution in [0.2, 0.25) is 0 Å². The van der Waals surface area contributed by atoms with E-state index in [9.17, 15) is 4.79 Å². The van der Waals surface area contributed by atoms with Gasteiger partial charge in [0.05, 0.1) is 11.7 Å². The summed E-state index contributed by atoms with van der Waals surface area (Å²) in [4.78, 5) is 21.3. The van der Waals surface area contributed by atoms with Gasteiger partial charge in [0.1, 0.15) is 12.1 Å². The molecule has 1 aromatic heterocycles. The van der Waals surface area contributed by atoms with Crippen molar-refractivity contribution in [3.8, 4) is 5.75 Å². The summed E-state index contributed by atoms with van der Waals surface area (Å²) in [6.07, 6.45) is 5.65. The Kier molecular flexibility index (Phi) is 4.83. The Morgan fingerprint density at radius 3 is 2.83 bits per heavy atom. The largest absolute Gasteiger partial charge is 0.482 e. The maximum absolute atomic E-state index is 10.5. The minimum absolute atomic E-state index is 0.318. The standard InChI is InChI=1S/C17H19N3O3/c21-17(22)11-23-14-5-3-13(4-6-14)10-20-9-1-2-16(20)15-7-8-18-12-19-15/h3-8,12,16H,1-2,9-11H2,(H,21,22)/t16-/m0/s1. The maximum Gasteiger partial charge on any atom is 0.341 e. The smallest absolute Gasteiger partial charge is 0.341 e. The molecule has 1 atom stereocenters. The lowest BCUT2D eigenvalue weighted by molar-refractivity contribution is -0.139. The molecule has 6 nitrogen and oxygen atoms in total. The van der Waals surface area contributed by atoms with E-state index in [1.807, 2.05) is 30.3 Å². The van der Waals surface area contributed by atoms with E-state index in [-0.39, 0.29) is 6.61 Å². The topological polar surface area (TPSA) is 75.6 Å². The number of aliphatic carboxylic acids is 1. The van der Waals surface area contributed by atoms with Gasteiger partial charge >= 0.3 is 5.97 Å². The number of aromatic nitrogens is 2. The van der Waals surface area contributed by atoms with Crippen molar-refractivity contribution in [1.82, 2.24) is 14.9 Å². The van der Waals surface area contributed by atoms with E-state index in [0.717, 1.165) is 31.6 Å². The third-order valence-corrected chi connectivity index (χ3v) is 3.98. The van der Waals surface area contributed by atoms with Gasteiger partial charge in [-0.3, -0.25) is 4.90 Å². The van der Waals surface area contributed by atoms with Crippen LogP contribution >= 0.6 is 0 Å². The molecular formula is C17H19N3O3. The molecule has 6 heteroatoms. The molecule has 1 aliphatic rings. The fourth-order valence-electron chi connectivity index (χ4n) is 2.92. The van der Waals surface area contributed by atoms with E-state index < -0.39 is 5.97 Å². The molecule has 0 saturated carbocycles. The first-order valence-corrected chi connectivity index (χ1v) is 7.66. The van der Waals surface area contributed by atoms with Gasteiger partial charge in [0.2, 0.25) is 0 Å². The zero-order valence-corrected chi connectivity index (χ0v) is 12.8. The van der Waals surface area contributed by atoms with Crippen LogP contribution in [0.15, 0.2) is 42.9 Å². The maximum atomic E-state index is 10.5. The van der Waals surface area contributed by atoms with E-state index in [2.05, 4.69) is 14.9 Å². The third-order valence-electron chi connectivity index (χ3n) is 3.98. The van der Waals surface area contributed by atoms with Gasteiger partial charge in [-0.05, 0) is 43.1 Å². The van der Waals surface area contributed by atoms with E-state index >= 15 is 0 Å². The highest BCUT2D eigenvalue weighted by Crippen LogP contribution is 2.31. The predicted octanol–water partition coefficient (Wildman–Crippen LogP) is 2.28. The summed E-state index contributed by atoms with van der Waals surface area (Å²) in [5.74, 6) is -0.399. The van der Waals surface area contributed by atoms with Gasteiger partial charge < -0.3 is 9.84 Å². The summed E-state index contributed by atoms with van der Waals surface area (Å²) < 4.78 is 5.15. The first-order valence-electron chi connectivity index (χ1n) is 7.66. The van der Waals surface area contributed by atoms with Crippen molar-refractivity contribution in [3.05, 3.63) is 54.1 Å². The lowest BCUT2D eigenvalue weighted by atomic mass is 10.1. The van der Waals surface area contributed by atoms with Crippen molar-refractivity contribution in [2.45, 2.75) is 25.4 Å². The second kappa shape index (κ2) is 7.19. The Balaban J connectivity index is 1.63. The first kappa shape index (κ1) is 15.4. The molecule has 3 rings (SSSR count). The zero-order valence-electron chi connectivity index (χ0n) is 12.8. The highest BCUT2D eigenvalue weighted by Gasteiger charge is 2.26. The van der Waals surface area contributed by atoms with E-state index in [4.69, 9.17) is 9.84 Å². The number of carboxylic acid groups (broad SMARTS) is 1. The average Bonchev–Trinajstić information content (AvgIpc) is 3.03. The Bertz CT molecular complexity index is 646. The van der Waals surface area contributed by atoms with Crippen molar-refractivity contribution < 1.29 is 14.6 Å². The first-order chi connectivity index (χ1) is 11.2. The number of carboxylic acids is 1. The molecule has 0 amide bonds. The lowest BCUT2D eigenvalue weighted by Gasteiger charge is -2.24. The predicted molar refractivity (Wildman–Crippen MR) is 84.0 cm³/mol. The fraction of sp³-hybridized carbons (Fsp3) is 0.353. The Morgan fingerprint density at radius 2 is 2.13 bits per heavy atom. The Labute approximate surface area is 134 Å². The number of nitrogens with zero attached hydrogens (tertiary/aromatic N) is 3. The van der Waals surface area contributed by atoms with Gasteiger partial charge in [-0.2, -0.15) is 0 Å². The van der Waals surface area contributed by atoms with Gasteiger partial charge in [0.15, 0.2) is 6.61 Å². The SMILES string of the molecule is O=C(O)COc1ccc(CN2CCC[C@H]2c2ccncn2)cc1. The summed E-state index contributed by atoms with van der Waals surface area (Å²) in [7, 11) is 0. The van der Waals surface area contributed by atoms with Crippen LogP contribution in [0.5, 0.6) is 5.75 Å². The van der Waals surface area contributed by atoms with Gasteiger partial charge in [-0.1, -0.05) is 12.1 Å². The summed E-state index contributed by atoms with van der Waals surface area (Å²) in [5.41, 5.74) is 2.24. The van der Waals surface area contributed by atoms with Crippen LogP contribution in [0, 0.1) is 0 Å². The van der Waals surface area contributed by atoms with Crippen molar-refractivity contribution >= 4 is 5.97 Å². The summed E-state index contributed by atoms with van der Waals surface area (Å²) in [6.45, 7) is 1.57. The molecule has 1 N–H and O–H groups in total. The van der Waals surface area contributed by atoms with Crippen molar-refractivity contribution in [2.24, 2.45) is 0 Å². The number of hydrogen-bond donors (Lipinski definition) is 1. The minimum Gasteiger partial charge on any atom is -0.482 e. The van der Waals surface area contributed by atoms with Gasteiger partial charge in [0, 0.05) is 12.7 Å². The number of likely N-dealkylation sites (tertiary alicyclic amines) is 1. The molecule has 0 spiro atoms. The number of benzene rings is 1. The highest BCUT2D eigenvalue weighted by atomic mass is 16.5. The van der Waals surface area contributed by atoms with Crippen LogP contribution < -0.4 is 4.74 Å². The Morgan fingerprint density at radius 1 is 1.30 bits per heavy atom. The van der Waals surface area contributed by atoms with Gasteiger partial charge in [0.25, 0.3) is 0 Å². The molecule has 2 heterocycles. The normalized spacial score (nSPS) is 18.0. The molecule has 120 valence electrons. The number of ether oxygens (including phenoxy) is 1. The quantitative estimate of drug-likeness (QED) is 0.882. The summed E-state index contributed by atoms with van der Waals surface area (Å²) >= 11 is 0. The summed E-state index contributed by atoms with van der Waals surface area (Å²) in [6, 6.07) is 9.90. The van der Waals surface area contributed by atoms with E-state index in [1.54, 1.807) is 12.5 Å². The highest BCUT2D eigenvalue weighted by molar-refractivity contribution is 5.68. The zero-order chi connectivity index (χ0) is 16.1. The number of carbonyl (C=O) groups is 1. The lowest BCUT2D eigenvalue weighted by Crippen LogP contribution is -2.23. The molecule has 0 aliphatic carbocycles. The molecule has 0 radical (unpaired) electrons. The van der Waals surface area contributed by atoms with Gasteiger partial charge in [-0.15, -0.1) is 0 Å². The van der Waals surface area contributed by atoms with E-state index in [0.29, 0.717) is 11.8 Å². The summed E-state index contributed by atoms with van der Waals surface area (Å²) in [5, 5.41) is 8.61. The molecule has 1 saturated heterocycles. The van der Waals surface area contributed by atoms with Crippen molar-refractivity contribution in [2.75, 3.05) is 13.2 Å². The molecule has 1 aromatic carbocycles. The second-order valence-corrected chi connectivity index (χ2v) is 5.59. The molecule has 0 bridgehead atoms. The molecule has 23 heavy (non-hydrogen) atoms. The number of hydrogen-bond acceptors (Lipinski definition) is 5. The van der Waals surface area contributed by atoms with Crippen LogP contribution in [0.4, 0.5) is 0 Å². The second-order valence-electron chi connectivity index (χ2n) is 5.59. The minimum atomic E-state index is -0.973. The number of rotatable bonds is 6. The van der Waals surface area contributed by atoms with Crippen LogP contribution in [-0.2, 0) is 11.3 Å². The average molecular weight is 313 g/mol. The molecule has 0 unspecified atom stereocenters. The molecule has 2 aromatic rings. The molecule has 1 fully saturated rings. The van der Waals surface area contributed by atoms with E-state index in [1.165, 1.54) is 5.56 Å². The molecule has 1 aliphatic heterocycles. The van der Waals surface area contributed by atoms with Crippen LogP contribution in [0.1, 0.15) is 30.1 Å². The van der Waals surface area contributed by atoms with Crippen LogP contribution in [0.25, 0.3) is 0 Å². The van der Waals surface area contributed by atoms with Crippen LogP contribution in [-0.4, -0.2) is 39.1 Å². The van der Waals surface area contributed by atoms with Crippen molar-refractivity contribution in [1.29, 1.82) is 0 Å². The van der Waals surface area contributed by atoms with Crippen LogP contribution in [0.3, 0.4) is 0 Å². The third kappa shape index (κ3) is 4.04. The Hall–Kier alpha value is -2.47. The van der Waals surface area contributed by atoms with Crippen molar-refractivity contribution in [3.63, 3.8) is 0 Å². The monoisotopic (exact) mass is 313 g/mol.